The van der Waals surface area contributed by atoms with E-state index in [-0.39, 0.29) is 13.2 Å². The monoisotopic (exact) mass is 447 g/mol. The molecule has 0 saturated carbocycles. The minimum absolute atomic E-state index is 0.000119. The van der Waals surface area contributed by atoms with Crippen molar-refractivity contribution in [1.82, 2.24) is 4.90 Å². The Balaban J connectivity index is 5.36. The largest absolute Gasteiger partial charge is 0.466 e. The van der Waals surface area contributed by atoms with Gasteiger partial charge in [0.2, 0.25) is 0 Å². The second kappa shape index (κ2) is 11.5. The predicted octanol–water partition coefficient (Wildman–Crippen LogP) is 3.71. The van der Waals surface area contributed by atoms with E-state index in [1.165, 1.54) is 13.8 Å². The molecule has 0 spiro atoms. The number of carbonyl (C=O) groups is 2. The average molecular weight is 447 g/mol. The van der Waals surface area contributed by atoms with Crippen molar-refractivity contribution in [2.45, 2.75) is 32.6 Å². The van der Waals surface area contributed by atoms with Gasteiger partial charge in [-0.2, -0.15) is 26.3 Å². The molecule has 0 heterocycles. The molecule has 0 N–H and O–H groups in total. The van der Waals surface area contributed by atoms with Crippen LogP contribution in [0.4, 0.5) is 31.1 Å². The third-order valence-electron chi connectivity index (χ3n) is 2.61. The molecule has 0 aliphatic rings. The molecule has 0 bridgehead atoms. The second-order valence-corrected chi connectivity index (χ2v) is 7.07. The maximum atomic E-state index is 12.4. The molecule has 0 fully saturated rings. The third kappa shape index (κ3) is 12.8. The number of alkyl halides is 6. The second-order valence-electron chi connectivity index (χ2n) is 5.05. The lowest BCUT2D eigenvalue weighted by molar-refractivity contribution is -0.165. The molecule has 0 aliphatic carbocycles. The Hall–Kier alpha value is -1.53. The summed E-state index contributed by atoms with van der Waals surface area (Å²) < 4.78 is 104. The standard InChI is InChI=1S/C13H20F6NO7P/c1-3-24-10(21)5-6-20(11(22)25-4-2)9-28(23,26-7-12(14,15)16)27-8-13(17,18)19/h3-9H2,1-2H3. The first-order chi connectivity index (χ1) is 12.7. The van der Waals surface area contributed by atoms with Gasteiger partial charge in [-0.1, -0.05) is 0 Å². The molecule has 0 aromatic heterocycles. The van der Waals surface area contributed by atoms with E-state index in [0.29, 0.717) is 4.90 Å². The highest BCUT2D eigenvalue weighted by atomic mass is 31.2. The summed E-state index contributed by atoms with van der Waals surface area (Å²) in [7, 11) is -5.09. The zero-order valence-corrected chi connectivity index (χ0v) is 15.9. The van der Waals surface area contributed by atoms with Crippen LogP contribution >= 0.6 is 7.60 Å². The molecule has 0 aliphatic heterocycles. The summed E-state index contributed by atoms with van der Waals surface area (Å²) >= 11 is 0. The molecular formula is C13H20F6NO7P. The zero-order valence-electron chi connectivity index (χ0n) is 15.0. The number of rotatable bonds is 11. The van der Waals surface area contributed by atoms with Crippen molar-refractivity contribution in [1.29, 1.82) is 0 Å². The van der Waals surface area contributed by atoms with Gasteiger partial charge in [0.05, 0.1) is 19.6 Å². The summed E-state index contributed by atoms with van der Waals surface area (Å²) in [5, 5.41) is 0. The van der Waals surface area contributed by atoms with Crippen molar-refractivity contribution in [3.05, 3.63) is 0 Å². The Morgan fingerprint density at radius 3 is 1.75 bits per heavy atom. The van der Waals surface area contributed by atoms with Crippen LogP contribution in [0.25, 0.3) is 0 Å². The van der Waals surface area contributed by atoms with Crippen LogP contribution in [-0.2, 0) is 27.9 Å². The fraction of sp³-hybridized carbons (Fsp3) is 0.846. The minimum atomic E-state index is -5.09. The van der Waals surface area contributed by atoms with Crippen LogP contribution in [0.1, 0.15) is 20.3 Å². The van der Waals surface area contributed by atoms with Gasteiger partial charge in [-0.15, -0.1) is 0 Å². The van der Waals surface area contributed by atoms with Gasteiger partial charge in [-0.25, -0.2) is 4.79 Å². The van der Waals surface area contributed by atoms with Gasteiger partial charge in [-0.05, 0) is 13.8 Å². The maximum Gasteiger partial charge on any atom is 0.412 e. The van der Waals surface area contributed by atoms with E-state index in [1.54, 1.807) is 0 Å². The van der Waals surface area contributed by atoms with E-state index < -0.39 is 64.5 Å². The topological polar surface area (TPSA) is 91.4 Å². The fourth-order valence-corrected chi connectivity index (χ4v) is 3.16. The van der Waals surface area contributed by atoms with Gasteiger partial charge in [0.1, 0.15) is 6.29 Å². The molecule has 0 saturated heterocycles. The SMILES string of the molecule is CCOC(=O)CCN(CP(=O)(OCC(F)(F)F)OCC(F)(F)F)C(=O)OCC. The van der Waals surface area contributed by atoms with Crippen molar-refractivity contribution >= 4 is 19.7 Å². The first-order valence-corrected chi connectivity index (χ1v) is 9.53. The molecule has 28 heavy (non-hydrogen) atoms. The van der Waals surface area contributed by atoms with E-state index >= 15 is 0 Å². The highest BCUT2D eigenvalue weighted by Gasteiger charge is 2.40. The quantitative estimate of drug-likeness (QED) is 0.271. The first kappa shape index (κ1) is 26.5. The molecule has 15 heteroatoms. The number of hydrogen-bond donors (Lipinski definition) is 0. The van der Waals surface area contributed by atoms with Crippen LogP contribution in [-0.4, -0.2) is 68.6 Å². The highest BCUT2D eigenvalue weighted by molar-refractivity contribution is 7.53. The van der Waals surface area contributed by atoms with Crippen molar-refractivity contribution in [3.8, 4) is 0 Å². The minimum Gasteiger partial charge on any atom is -0.466 e. The summed E-state index contributed by atoms with van der Waals surface area (Å²) in [6, 6.07) is 0. The number of carbonyl (C=O) groups excluding carboxylic acids is 2. The molecule has 1 amide bonds. The maximum absolute atomic E-state index is 12.4. The summed E-state index contributed by atoms with van der Waals surface area (Å²) in [6.45, 7) is -2.24. The van der Waals surface area contributed by atoms with Crippen LogP contribution in [0.15, 0.2) is 0 Å². The van der Waals surface area contributed by atoms with Crippen molar-refractivity contribution < 1.29 is 59.0 Å². The van der Waals surface area contributed by atoms with Gasteiger partial charge < -0.3 is 9.47 Å². The molecular weight excluding hydrogens is 427 g/mol. The van der Waals surface area contributed by atoms with Gasteiger partial charge in [0.15, 0.2) is 13.2 Å². The molecule has 8 nitrogen and oxygen atoms in total. The molecule has 0 radical (unpaired) electrons. The zero-order chi connectivity index (χ0) is 22.0. The average Bonchev–Trinajstić information content (AvgIpc) is 2.54. The van der Waals surface area contributed by atoms with Crippen LogP contribution in [0, 0.1) is 0 Å². The Morgan fingerprint density at radius 2 is 1.36 bits per heavy atom. The number of hydrogen-bond acceptors (Lipinski definition) is 7. The number of esters is 1. The summed E-state index contributed by atoms with van der Waals surface area (Å²) in [4.78, 5) is 23.7. The van der Waals surface area contributed by atoms with Crippen LogP contribution in [0.5, 0.6) is 0 Å². The van der Waals surface area contributed by atoms with Crippen molar-refractivity contribution in [3.63, 3.8) is 0 Å². The van der Waals surface area contributed by atoms with Crippen LogP contribution in [0.3, 0.4) is 0 Å². The Bertz CT molecular complexity index is 532. The predicted molar refractivity (Wildman–Crippen MR) is 81.5 cm³/mol. The van der Waals surface area contributed by atoms with Gasteiger partial charge in [0.25, 0.3) is 0 Å². The molecule has 166 valence electrons. The summed E-state index contributed by atoms with van der Waals surface area (Å²) in [5.41, 5.74) is 0. The number of ether oxygens (including phenoxy) is 2. The van der Waals surface area contributed by atoms with Gasteiger partial charge in [-0.3, -0.25) is 23.3 Å². The molecule has 0 aromatic rings. The van der Waals surface area contributed by atoms with Crippen LogP contribution < -0.4 is 0 Å². The van der Waals surface area contributed by atoms with Crippen molar-refractivity contribution in [2.75, 3.05) is 39.3 Å². The molecule has 0 atom stereocenters. The molecule has 0 unspecified atom stereocenters. The third-order valence-corrected chi connectivity index (χ3v) is 4.34. The number of nitrogens with zero attached hydrogens (tertiary/aromatic N) is 1. The van der Waals surface area contributed by atoms with E-state index in [2.05, 4.69) is 18.5 Å². The Kier molecular flexibility index (Phi) is 10.8. The van der Waals surface area contributed by atoms with E-state index in [1.807, 2.05) is 0 Å². The molecule has 0 rings (SSSR count). The van der Waals surface area contributed by atoms with E-state index in [9.17, 15) is 40.5 Å². The van der Waals surface area contributed by atoms with E-state index in [4.69, 9.17) is 0 Å². The Morgan fingerprint density at radius 1 is 0.893 bits per heavy atom. The lowest BCUT2D eigenvalue weighted by Gasteiger charge is -2.27. The fourth-order valence-electron chi connectivity index (χ4n) is 1.56. The lowest BCUT2D eigenvalue weighted by Crippen LogP contribution is -2.36. The summed E-state index contributed by atoms with van der Waals surface area (Å²) in [5.74, 6) is -0.806. The highest BCUT2D eigenvalue weighted by Crippen LogP contribution is 2.50. The number of halogens is 6. The normalized spacial score (nSPS) is 12.6. The number of amides is 1. The lowest BCUT2D eigenvalue weighted by atomic mass is 10.4. The van der Waals surface area contributed by atoms with Gasteiger partial charge >= 0.3 is 32.0 Å². The summed E-state index contributed by atoms with van der Waals surface area (Å²) in [6.07, 6.45) is -13.0. The smallest absolute Gasteiger partial charge is 0.412 e. The van der Waals surface area contributed by atoms with Crippen LogP contribution in [0.2, 0.25) is 0 Å². The van der Waals surface area contributed by atoms with Crippen molar-refractivity contribution in [2.24, 2.45) is 0 Å². The molecule has 0 aromatic carbocycles. The Labute approximate surface area is 156 Å². The van der Waals surface area contributed by atoms with Gasteiger partial charge in [0, 0.05) is 6.54 Å². The van der Waals surface area contributed by atoms with E-state index in [0.717, 1.165) is 0 Å². The first-order valence-electron chi connectivity index (χ1n) is 7.80.